The number of alkyl halides is 3. The molecule has 1 aliphatic rings. The van der Waals surface area contributed by atoms with Gasteiger partial charge in [-0.05, 0) is 30.7 Å². The Kier molecular flexibility index (Phi) is 4.19. The van der Waals surface area contributed by atoms with E-state index >= 15 is 0 Å². The van der Waals surface area contributed by atoms with E-state index in [0.717, 1.165) is 17.7 Å². The molecular formula is C13H12BrF3N2O. The van der Waals surface area contributed by atoms with Crippen LogP contribution >= 0.6 is 15.9 Å². The second-order valence-corrected chi connectivity index (χ2v) is 5.43. The van der Waals surface area contributed by atoms with Gasteiger partial charge in [-0.15, -0.1) is 0 Å². The van der Waals surface area contributed by atoms with E-state index in [2.05, 4.69) is 26.6 Å². The smallest absolute Gasteiger partial charge is 0.322 e. The third-order valence-corrected chi connectivity index (χ3v) is 3.49. The highest BCUT2D eigenvalue weighted by atomic mass is 79.9. The van der Waals surface area contributed by atoms with Crippen molar-refractivity contribution in [2.45, 2.75) is 13.1 Å². The van der Waals surface area contributed by atoms with Gasteiger partial charge in [0.2, 0.25) is 0 Å². The summed E-state index contributed by atoms with van der Waals surface area (Å²) in [7, 11) is 0. The maximum absolute atomic E-state index is 12.7. The molecule has 20 heavy (non-hydrogen) atoms. The average Bonchev–Trinajstić information content (AvgIpc) is 2.24. The zero-order valence-corrected chi connectivity index (χ0v) is 12.2. The lowest BCUT2D eigenvalue weighted by Crippen LogP contribution is -2.36. The fraction of sp³-hybridized carbons (Fsp3) is 0.308. The summed E-state index contributed by atoms with van der Waals surface area (Å²) < 4.78 is 38.3. The van der Waals surface area contributed by atoms with Crippen molar-refractivity contribution in [1.29, 1.82) is 0 Å². The Morgan fingerprint density at radius 1 is 1.30 bits per heavy atom. The standard InChI is InChI=1S/C13H12BrF3N2O/c1-7(8-5-18-6-8)12(20)19-11-3-9(13(15,16)17)2-10(14)4-11/h2-4,18H,5-6H2,1H3,(H,19,20). The van der Waals surface area contributed by atoms with Crippen molar-refractivity contribution in [3.05, 3.63) is 39.4 Å². The van der Waals surface area contributed by atoms with Gasteiger partial charge in [-0.25, -0.2) is 0 Å². The van der Waals surface area contributed by atoms with Crippen molar-refractivity contribution in [3.63, 3.8) is 0 Å². The van der Waals surface area contributed by atoms with Crippen LogP contribution in [0.4, 0.5) is 18.9 Å². The molecule has 1 aliphatic heterocycles. The Bertz CT molecular complexity index is 575. The molecule has 1 fully saturated rings. The van der Waals surface area contributed by atoms with E-state index in [4.69, 9.17) is 0 Å². The average molecular weight is 349 g/mol. The molecule has 0 unspecified atom stereocenters. The minimum atomic E-state index is -4.45. The van der Waals surface area contributed by atoms with Crippen LogP contribution in [0, 0.1) is 0 Å². The Morgan fingerprint density at radius 3 is 2.45 bits per heavy atom. The minimum absolute atomic E-state index is 0.115. The molecule has 0 spiro atoms. The Hall–Kier alpha value is -1.34. The first-order chi connectivity index (χ1) is 9.27. The summed E-state index contributed by atoms with van der Waals surface area (Å²) >= 11 is 3.01. The molecular weight excluding hydrogens is 337 g/mol. The van der Waals surface area contributed by atoms with Crippen LogP contribution in [0.25, 0.3) is 0 Å². The summed E-state index contributed by atoms with van der Waals surface area (Å²) in [5.41, 5.74) is 0.813. The molecule has 0 bridgehead atoms. The maximum Gasteiger partial charge on any atom is 0.416 e. The second kappa shape index (κ2) is 5.57. The first-order valence-electron chi connectivity index (χ1n) is 5.86. The Morgan fingerprint density at radius 2 is 1.95 bits per heavy atom. The Balaban J connectivity index is 2.21. The maximum atomic E-state index is 12.7. The first kappa shape index (κ1) is 15.1. The highest BCUT2D eigenvalue weighted by Gasteiger charge is 2.31. The van der Waals surface area contributed by atoms with Gasteiger partial charge in [0.15, 0.2) is 0 Å². The Labute approximate surface area is 122 Å². The van der Waals surface area contributed by atoms with Gasteiger partial charge in [0, 0.05) is 28.8 Å². The predicted octanol–water partition coefficient (Wildman–Crippen LogP) is 3.33. The lowest BCUT2D eigenvalue weighted by Gasteiger charge is -2.21. The number of hydrogen-bond donors (Lipinski definition) is 2. The number of hydrogen-bond acceptors (Lipinski definition) is 2. The summed E-state index contributed by atoms with van der Waals surface area (Å²) in [6, 6.07) is 3.32. The molecule has 0 atom stereocenters. The molecule has 1 heterocycles. The van der Waals surface area contributed by atoms with Gasteiger partial charge < -0.3 is 10.6 Å². The van der Waals surface area contributed by atoms with Crippen LogP contribution in [0.2, 0.25) is 0 Å². The molecule has 1 saturated heterocycles. The van der Waals surface area contributed by atoms with Crippen molar-refractivity contribution in [2.24, 2.45) is 0 Å². The van der Waals surface area contributed by atoms with Crippen LogP contribution < -0.4 is 10.6 Å². The van der Waals surface area contributed by atoms with Crippen molar-refractivity contribution >= 4 is 27.5 Å². The largest absolute Gasteiger partial charge is 0.416 e. The van der Waals surface area contributed by atoms with Crippen molar-refractivity contribution in [2.75, 3.05) is 18.4 Å². The van der Waals surface area contributed by atoms with Gasteiger partial charge in [0.1, 0.15) is 0 Å². The number of carbonyl (C=O) groups is 1. The predicted molar refractivity (Wildman–Crippen MR) is 73.3 cm³/mol. The van der Waals surface area contributed by atoms with Crippen molar-refractivity contribution in [1.82, 2.24) is 5.32 Å². The van der Waals surface area contributed by atoms with Crippen molar-refractivity contribution < 1.29 is 18.0 Å². The lowest BCUT2D eigenvalue weighted by molar-refractivity contribution is -0.137. The third-order valence-electron chi connectivity index (χ3n) is 3.03. The monoisotopic (exact) mass is 348 g/mol. The number of rotatable bonds is 2. The van der Waals surface area contributed by atoms with Gasteiger partial charge in [0.05, 0.1) is 5.56 Å². The molecule has 0 radical (unpaired) electrons. The lowest BCUT2D eigenvalue weighted by atomic mass is 10.0. The molecule has 108 valence electrons. The van der Waals surface area contributed by atoms with Crippen LogP contribution in [-0.4, -0.2) is 19.0 Å². The number of halogens is 4. The zero-order chi connectivity index (χ0) is 14.9. The molecule has 2 N–H and O–H groups in total. The van der Waals surface area contributed by atoms with Gasteiger partial charge in [-0.1, -0.05) is 15.9 Å². The summed E-state index contributed by atoms with van der Waals surface area (Å²) in [6.45, 7) is 2.95. The molecule has 0 aliphatic carbocycles. The molecule has 7 heteroatoms. The van der Waals surface area contributed by atoms with Gasteiger partial charge in [-0.2, -0.15) is 13.2 Å². The SMILES string of the molecule is CC(C(=O)Nc1cc(Br)cc(C(F)(F)F)c1)=C1CNC1. The summed E-state index contributed by atoms with van der Waals surface area (Å²) in [4.78, 5) is 11.9. The van der Waals surface area contributed by atoms with Crippen LogP contribution in [-0.2, 0) is 11.0 Å². The fourth-order valence-corrected chi connectivity index (χ4v) is 2.22. The third kappa shape index (κ3) is 3.40. The highest BCUT2D eigenvalue weighted by molar-refractivity contribution is 9.10. The number of carbonyl (C=O) groups excluding carboxylic acids is 1. The quantitative estimate of drug-likeness (QED) is 0.805. The molecule has 1 aromatic rings. The molecule has 1 aromatic carbocycles. The number of amides is 1. The van der Waals surface area contributed by atoms with Gasteiger partial charge in [-0.3, -0.25) is 4.79 Å². The van der Waals surface area contributed by atoms with E-state index in [1.165, 1.54) is 6.07 Å². The normalized spacial score (nSPS) is 14.8. The van der Waals surface area contributed by atoms with E-state index in [-0.39, 0.29) is 16.1 Å². The molecule has 2 rings (SSSR count). The first-order valence-corrected chi connectivity index (χ1v) is 6.65. The van der Waals surface area contributed by atoms with Crippen LogP contribution in [0.1, 0.15) is 12.5 Å². The zero-order valence-electron chi connectivity index (χ0n) is 10.6. The summed E-state index contributed by atoms with van der Waals surface area (Å²) in [5.74, 6) is -0.382. The van der Waals surface area contributed by atoms with Crippen molar-refractivity contribution in [3.8, 4) is 0 Å². The second-order valence-electron chi connectivity index (χ2n) is 4.51. The summed E-state index contributed by atoms with van der Waals surface area (Å²) in [5, 5.41) is 5.49. The van der Waals surface area contributed by atoms with Crippen LogP contribution in [0.3, 0.4) is 0 Å². The molecule has 0 saturated carbocycles. The van der Waals surface area contributed by atoms with E-state index in [0.29, 0.717) is 18.7 Å². The highest BCUT2D eigenvalue weighted by Crippen LogP contribution is 2.33. The molecule has 1 amide bonds. The molecule has 3 nitrogen and oxygen atoms in total. The summed E-state index contributed by atoms with van der Waals surface area (Å²) in [6.07, 6.45) is -4.45. The number of nitrogens with one attached hydrogen (secondary N) is 2. The van der Waals surface area contributed by atoms with E-state index in [1.54, 1.807) is 6.92 Å². The van der Waals surface area contributed by atoms with Crippen LogP contribution in [0.15, 0.2) is 33.8 Å². The molecule has 0 aromatic heterocycles. The van der Waals surface area contributed by atoms with E-state index in [9.17, 15) is 18.0 Å². The minimum Gasteiger partial charge on any atom is -0.322 e. The number of anilines is 1. The fourth-order valence-electron chi connectivity index (χ4n) is 1.73. The van der Waals surface area contributed by atoms with Gasteiger partial charge in [0.25, 0.3) is 5.91 Å². The van der Waals surface area contributed by atoms with Gasteiger partial charge >= 0.3 is 6.18 Å². The van der Waals surface area contributed by atoms with E-state index < -0.39 is 11.7 Å². The van der Waals surface area contributed by atoms with Crippen LogP contribution in [0.5, 0.6) is 0 Å². The number of benzene rings is 1. The topological polar surface area (TPSA) is 41.1 Å². The van der Waals surface area contributed by atoms with E-state index in [1.807, 2.05) is 0 Å².